The molecule has 0 saturated carbocycles. The van der Waals surface area contributed by atoms with Crippen molar-refractivity contribution in [3.05, 3.63) is 85.1 Å². The van der Waals surface area contributed by atoms with Crippen LogP contribution in [0, 0.1) is 0 Å². The Balaban J connectivity index is 1.84. The monoisotopic (exact) mass is 263 g/mol. The van der Waals surface area contributed by atoms with Crippen LogP contribution in [0.4, 0.5) is 11.4 Å². The molecule has 100 valence electrons. The first-order chi connectivity index (χ1) is 9.86. The zero-order chi connectivity index (χ0) is 14.0. The Bertz CT molecular complexity index is 586. The van der Waals surface area contributed by atoms with Crippen molar-refractivity contribution in [3.63, 3.8) is 0 Å². The summed E-state index contributed by atoms with van der Waals surface area (Å²) in [5.41, 5.74) is 1.88. The molecule has 0 spiro atoms. The van der Waals surface area contributed by atoms with Gasteiger partial charge in [0.2, 0.25) is 0 Å². The lowest BCUT2D eigenvalue weighted by Crippen LogP contribution is -2.23. The van der Waals surface area contributed by atoms with Crippen LogP contribution in [0.15, 0.2) is 90.1 Å². The van der Waals surface area contributed by atoms with Crippen LogP contribution in [0.3, 0.4) is 0 Å². The summed E-state index contributed by atoms with van der Waals surface area (Å²) in [5, 5.41) is 1.57. The van der Waals surface area contributed by atoms with Gasteiger partial charge in [0, 0.05) is 12.4 Å². The van der Waals surface area contributed by atoms with Gasteiger partial charge in [0.1, 0.15) is 0 Å². The van der Waals surface area contributed by atoms with Crippen molar-refractivity contribution < 1.29 is 0 Å². The van der Waals surface area contributed by atoms with E-state index in [2.05, 4.69) is 4.99 Å². The zero-order valence-electron chi connectivity index (χ0n) is 11.1. The van der Waals surface area contributed by atoms with Crippen LogP contribution in [0.1, 0.15) is 0 Å². The lowest BCUT2D eigenvalue weighted by molar-refractivity contribution is 1.08. The fraction of sp³-hybridized carbons (Fsp3) is 0. The van der Waals surface area contributed by atoms with E-state index in [1.807, 2.05) is 78.9 Å². The minimum Gasteiger partial charge on any atom is -0.287 e. The second-order valence-electron chi connectivity index (χ2n) is 4.08. The highest BCUT2D eigenvalue weighted by Crippen LogP contribution is 2.09. The summed E-state index contributed by atoms with van der Waals surface area (Å²) in [7, 11) is 0. The maximum absolute atomic E-state index is 5.88. The summed E-state index contributed by atoms with van der Waals surface area (Å²) in [6, 6.07) is 19.6. The normalized spacial score (nSPS) is 11.7. The van der Waals surface area contributed by atoms with Crippen LogP contribution in [-0.4, -0.2) is 6.21 Å². The lowest BCUT2D eigenvalue weighted by atomic mass is 10.3. The molecule has 2 N–H and O–H groups in total. The number of hydrogen-bond donors (Lipinski definition) is 1. The molecule has 20 heavy (non-hydrogen) atoms. The Morgan fingerprint density at radius 3 is 2.15 bits per heavy atom. The molecule has 3 heteroatoms. The van der Waals surface area contributed by atoms with Crippen molar-refractivity contribution >= 4 is 17.6 Å². The van der Waals surface area contributed by atoms with Crippen LogP contribution < -0.4 is 10.9 Å². The Kier molecular flexibility index (Phi) is 5.31. The largest absolute Gasteiger partial charge is 0.287 e. The third-order valence-electron chi connectivity index (χ3n) is 2.59. The molecule has 0 aromatic heterocycles. The quantitative estimate of drug-likeness (QED) is 0.385. The molecule has 2 aromatic carbocycles. The molecule has 3 nitrogen and oxygen atoms in total. The highest BCUT2D eigenvalue weighted by molar-refractivity contribution is 5.74. The van der Waals surface area contributed by atoms with Gasteiger partial charge in [0.05, 0.1) is 11.4 Å². The first-order valence-corrected chi connectivity index (χ1v) is 6.38. The average molecular weight is 263 g/mol. The van der Waals surface area contributed by atoms with Crippen molar-refractivity contribution in [2.75, 3.05) is 5.01 Å². The van der Waals surface area contributed by atoms with Gasteiger partial charge in [0.15, 0.2) is 0 Å². The molecule has 2 aromatic rings. The van der Waals surface area contributed by atoms with E-state index in [1.165, 1.54) is 0 Å². The predicted molar refractivity (Wildman–Crippen MR) is 86.0 cm³/mol. The number of nitrogens with two attached hydrogens (primary N) is 1. The molecule has 0 unspecified atom stereocenters. The Labute approximate surface area is 119 Å². The van der Waals surface area contributed by atoms with E-state index in [9.17, 15) is 0 Å². The van der Waals surface area contributed by atoms with Gasteiger partial charge in [-0.25, -0.2) is 5.84 Å². The topological polar surface area (TPSA) is 41.6 Å². The molecule has 0 amide bonds. The number of anilines is 1. The number of hydrazine groups is 1. The van der Waals surface area contributed by atoms with E-state index in [0.29, 0.717) is 0 Å². The minimum absolute atomic E-state index is 0.936. The summed E-state index contributed by atoms with van der Waals surface area (Å²) in [4.78, 5) is 4.29. The average Bonchev–Trinajstić information content (AvgIpc) is 2.52. The number of aliphatic imine (C=N–C) groups is 1. The van der Waals surface area contributed by atoms with E-state index in [0.717, 1.165) is 11.4 Å². The maximum atomic E-state index is 5.88. The van der Waals surface area contributed by atoms with E-state index >= 15 is 0 Å². The van der Waals surface area contributed by atoms with Crippen LogP contribution in [0.5, 0.6) is 0 Å². The SMILES string of the molecule is NN(/C=C/C=C/C=N/c1ccccc1)c1ccccc1. The Morgan fingerprint density at radius 2 is 1.45 bits per heavy atom. The molecular weight excluding hydrogens is 246 g/mol. The standard InChI is InChI=1S/C17H17N3/c18-20(17-12-6-2-7-13-17)15-9-3-8-14-19-16-10-4-1-5-11-16/h1-15H,18H2/b8-3+,15-9+,19-14+. The molecule has 0 aliphatic carbocycles. The van der Waals surface area contributed by atoms with Crippen molar-refractivity contribution in [1.29, 1.82) is 0 Å². The van der Waals surface area contributed by atoms with Gasteiger partial charge in [-0.1, -0.05) is 42.5 Å². The highest BCUT2D eigenvalue weighted by Gasteiger charge is 1.92. The van der Waals surface area contributed by atoms with Crippen LogP contribution in [0.2, 0.25) is 0 Å². The summed E-state index contributed by atoms with van der Waals surface area (Å²) in [6.07, 6.45) is 9.16. The molecule has 0 bridgehead atoms. The summed E-state index contributed by atoms with van der Waals surface area (Å²) < 4.78 is 0. The van der Waals surface area contributed by atoms with Crippen LogP contribution >= 0.6 is 0 Å². The van der Waals surface area contributed by atoms with Crippen molar-refractivity contribution in [2.24, 2.45) is 10.8 Å². The fourth-order valence-electron chi connectivity index (χ4n) is 1.59. The maximum Gasteiger partial charge on any atom is 0.0629 e. The van der Waals surface area contributed by atoms with E-state index < -0.39 is 0 Å². The molecule has 0 aliphatic rings. The second kappa shape index (κ2) is 7.71. The van der Waals surface area contributed by atoms with Crippen molar-refractivity contribution in [3.8, 4) is 0 Å². The number of para-hydroxylation sites is 2. The fourth-order valence-corrected chi connectivity index (χ4v) is 1.59. The molecular formula is C17H17N3. The molecule has 0 saturated heterocycles. The molecule has 0 heterocycles. The number of allylic oxidation sites excluding steroid dienone is 3. The van der Waals surface area contributed by atoms with Gasteiger partial charge < -0.3 is 0 Å². The smallest absolute Gasteiger partial charge is 0.0629 e. The molecule has 2 rings (SSSR count). The van der Waals surface area contributed by atoms with Gasteiger partial charge in [0.25, 0.3) is 0 Å². The summed E-state index contributed by atoms with van der Waals surface area (Å²) in [6.45, 7) is 0. The third kappa shape index (κ3) is 4.55. The second-order valence-corrected chi connectivity index (χ2v) is 4.08. The van der Waals surface area contributed by atoms with Crippen LogP contribution in [-0.2, 0) is 0 Å². The van der Waals surface area contributed by atoms with E-state index in [-0.39, 0.29) is 0 Å². The minimum atomic E-state index is 0.936. The number of hydrogen-bond acceptors (Lipinski definition) is 3. The van der Waals surface area contributed by atoms with Gasteiger partial charge >= 0.3 is 0 Å². The Morgan fingerprint density at radius 1 is 0.800 bits per heavy atom. The molecule has 0 radical (unpaired) electrons. The van der Waals surface area contributed by atoms with Crippen molar-refractivity contribution in [1.82, 2.24) is 0 Å². The van der Waals surface area contributed by atoms with E-state index in [4.69, 9.17) is 5.84 Å². The van der Waals surface area contributed by atoms with E-state index in [1.54, 1.807) is 17.4 Å². The van der Waals surface area contributed by atoms with Gasteiger partial charge in [-0.3, -0.25) is 10.0 Å². The van der Waals surface area contributed by atoms with Crippen molar-refractivity contribution in [2.45, 2.75) is 0 Å². The van der Waals surface area contributed by atoms with Gasteiger partial charge in [-0.15, -0.1) is 0 Å². The third-order valence-corrected chi connectivity index (χ3v) is 2.59. The predicted octanol–water partition coefficient (Wildman–Crippen LogP) is 3.84. The summed E-state index contributed by atoms with van der Waals surface area (Å²) >= 11 is 0. The first kappa shape index (κ1) is 13.8. The molecule has 0 fully saturated rings. The van der Waals surface area contributed by atoms with Gasteiger partial charge in [-0.05, 0) is 36.4 Å². The number of nitrogens with zero attached hydrogens (tertiary/aromatic N) is 2. The highest BCUT2D eigenvalue weighted by atomic mass is 15.4. The first-order valence-electron chi connectivity index (χ1n) is 6.38. The number of rotatable bonds is 5. The lowest BCUT2D eigenvalue weighted by Gasteiger charge is -2.12. The van der Waals surface area contributed by atoms with Crippen LogP contribution in [0.25, 0.3) is 0 Å². The zero-order valence-corrected chi connectivity index (χ0v) is 11.1. The Hall–Kier alpha value is -2.65. The molecule has 0 atom stereocenters. The van der Waals surface area contributed by atoms with Gasteiger partial charge in [-0.2, -0.15) is 0 Å². The number of benzene rings is 2. The molecule has 0 aliphatic heterocycles. The summed E-state index contributed by atoms with van der Waals surface area (Å²) in [5.74, 6) is 5.88.